The molecular weight excluding hydrogens is 307 g/mol. The van der Waals surface area contributed by atoms with Crippen LogP contribution in [0.4, 0.5) is 5.69 Å². The number of nitrogens with zero attached hydrogens (tertiary/aromatic N) is 2. The van der Waals surface area contributed by atoms with Crippen LogP contribution in [0.1, 0.15) is 6.42 Å². The van der Waals surface area contributed by atoms with E-state index in [1.807, 2.05) is 6.07 Å². The number of halogens is 2. The fraction of sp³-hybridized carbons (Fsp3) is 0.545. The molecule has 0 amide bonds. The van der Waals surface area contributed by atoms with Crippen molar-refractivity contribution in [3.63, 3.8) is 0 Å². The van der Waals surface area contributed by atoms with Crippen LogP contribution in [0.2, 0.25) is 5.15 Å². The van der Waals surface area contributed by atoms with E-state index in [0.29, 0.717) is 24.8 Å². The van der Waals surface area contributed by atoms with Gasteiger partial charge in [0.05, 0.1) is 29.4 Å². The first-order chi connectivity index (χ1) is 8.22. The molecule has 1 aliphatic rings. The highest BCUT2D eigenvalue weighted by Gasteiger charge is 2.24. The third kappa shape index (κ3) is 3.10. The average molecular weight is 322 g/mol. The zero-order valence-corrected chi connectivity index (χ0v) is 11.6. The molecule has 1 fully saturated rings. The summed E-state index contributed by atoms with van der Waals surface area (Å²) in [5.41, 5.74) is 1.01. The lowest BCUT2D eigenvalue weighted by Crippen LogP contribution is -2.46. The predicted molar refractivity (Wildman–Crippen MR) is 70.6 cm³/mol. The minimum Gasteiger partial charge on any atom is -0.396 e. The van der Waals surface area contributed by atoms with Crippen molar-refractivity contribution in [2.24, 2.45) is 0 Å². The number of aromatic nitrogens is 1. The number of morpholine rings is 1. The van der Waals surface area contributed by atoms with E-state index in [0.717, 1.165) is 16.7 Å². The minimum atomic E-state index is 0.154. The zero-order chi connectivity index (χ0) is 12.3. The van der Waals surface area contributed by atoms with Crippen LogP contribution in [-0.4, -0.2) is 42.5 Å². The molecule has 17 heavy (non-hydrogen) atoms. The maximum Gasteiger partial charge on any atom is 0.131 e. The lowest BCUT2D eigenvalue weighted by molar-refractivity contribution is 0.0849. The summed E-state index contributed by atoms with van der Waals surface area (Å²) in [7, 11) is 0. The summed E-state index contributed by atoms with van der Waals surface area (Å²) in [6.45, 7) is 2.27. The number of aliphatic hydroxyl groups is 1. The van der Waals surface area contributed by atoms with Gasteiger partial charge in [-0.05, 0) is 28.4 Å². The van der Waals surface area contributed by atoms with Gasteiger partial charge in [-0.25, -0.2) is 4.98 Å². The molecule has 1 aliphatic heterocycles. The van der Waals surface area contributed by atoms with E-state index in [-0.39, 0.29) is 12.6 Å². The third-order valence-corrected chi connectivity index (χ3v) is 3.62. The SMILES string of the molecule is OCCC1COCCN1c1cc(Cl)ncc1Br. The molecule has 6 heteroatoms. The van der Waals surface area contributed by atoms with Crippen molar-refractivity contribution in [1.29, 1.82) is 0 Å². The maximum absolute atomic E-state index is 9.07. The standard InChI is InChI=1S/C11H14BrClN2O2/c12-9-6-14-11(13)5-10(9)15-2-4-17-7-8(15)1-3-16/h5-6,8,16H,1-4,7H2. The Labute approximate surface area is 114 Å². The number of aliphatic hydroxyl groups excluding tert-OH is 1. The molecule has 94 valence electrons. The summed E-state index contributed by atoms with van der Waals surface area (Å²) in [6, 6.07) is 2.02. The summed E-state index contributed by atoms with van der Waals surface area (Å²) in [5.74, 6) is 0. The van der Waals surface area contributed by atoms with Gasteiger partial charge in [0.25, 0.3) is 0 Å². The van der Waals surface area contributed by atoms with E-state index in [1.165, 1.54) is 0 Å². The number of ether oxygens (including phenoxy) is 1. The van der Waals surface area contributed by atoms with Gasteiger partial charge in [0, 0.05) is 19.3 Å². The van der Waals surface area contributed by atoms with Crippen LogP contribution in [-0.2, 0) is 4.74 Å². The molecule has 0 saturated carbocycles. The van der Waals surface area contributed by atoms with Crippen molar-refractivity contribution in [2.45, 2.75) is 12.5 Å². The van der Waals surface area contributed by atoms with E-state index in [1.54, 1.807) is 6.20 Å². The molecule has 1 saturated heterocycles. The molecule has 0 spiro atoms. The Morgan fingerprint density at radius 3 is 3.24 bits per heavy atom. The lowest BCUT2D eigenvalue weighted by atomic mass is 10.1. The van der Waals surface area contributed by atoms with Gasteiger partial charge in [-0.3, -0.25) is 0 Å². The van der Waals surface area contributed by atoms with Crippen LogP contribution >= 0.6 is 27.5 Å². The number of pyridine rings is 1. The van der Waals surface area contributed by atoms with E-state index in [9.17, 15) is 0 Å². The Kier molecular flexibility index (Phi) is 4.62. The van der Waals surface area contributed by atoms with Crippen LogP contribution < -0.4 is 4.90 Å². The Morgan fingerprint density at radius 2 is 2.47 bits per heavy atom. The van der Waals surface area contributed by atoms with Crippen LogP contribution in [0.3, 0.4) is 0 Å². The first-order valence-corrected chi connectivity index (χ1v) is 6.65. The van der Waals surface area contributed by atoms with E-state index in [4.69, 9.17) is 21.4 Å². The van der Waals surface area contributed by atoms with Crippen LogP contribution in [0, 0.1) is 0 Å². The molecule has 1 aromatic heterocycles. The molecule has 0 radical (unpaired) electrons. The Morgan fingerprint density at radius 1 is 1.65 bits per heavy atom. The molecule has 1 atom stereocenters. The van der Waals surface area contributed by atoms with Gasteiger partial charge < -0.3 is 14.7 Å². The van der Waals surface area contributed by atoms with Gasteiger partial charge in [0.1, 0.15) is 5.15 Å². The first kappa shape index (κ1) is 13.1. The Bertz CT molecular complexity index is 390. The van der Waals surface area contributed by atoms with Crippen molar-refractivity contribution < 1.29 is 9.84 Å². The zero-order valence-electron chi connectivity index (χ0n) is 9.27. The van der Waals surface area contributed by atoms with Gasteiger partial charge in [0.2, 0.25) is 0 Å². The minimum absolute atomic E-state index is 0.154. The smallest absolute Gasteiger partial charge is 0.131 e. The van der Waals surface area contributed by atoms with E-state index < -0.39 is 0 Å². The van der Waals surface area contributed by atoms with Crippen molar-refractivity contribution in [1.82, 2.24) is 4.98 Å². The highest BCUT2D eigenvalue weighted by atomic mass is 79.9. The van der Waals surface area contributed by atoms with E-state index in [2.05, 4.69) is 25.8 Å². The number of anilines is 1. The predicted octanol–water partition coefficient (Wildman–Crippen LogP) is 2.09. The Balaban J connectivity index is 2.25. The van der Waals surface area contributed by atoms with Crippen molar-refractivity contribution in [3.8, 4) is 0 Å². The third-order valence-electron chi connectivity index (χ3n) is 2.80. The number of hydrogen-bond acceptors (Lipinski definition) is 4. The van der Waals surface area contributed by atoms with Crippen LogP contribution in [0.15, 0.2) is 16.7 Å². The molecular formula is C11H14BrClN2O2. The molecule has 0 aliphatic carbocycles. The molecule has 2 heterocycles. The van der Waals surface area contributed by atoms with E-state index >= 15 is 0 Å². The summed E-state index contributed by atoms with van der Waals surface area (Å²) < 4.78 is 6.35. The molecule has 2 rings (SSSR count). The topological polar surface area (TPSA) is 45.6 Å². The second-order valence-electron chi connectivity index (χ2n) is 3.89. The summed E-state index contributed by atoms with van der Waals surface area (Å²) >= 11 is 9.40. The van der Waals surface area contributed by atoms with Gasteiger partial charge >= 0.3 is 0 Å². The molecule has 1 aromatic rings. The van der Waals surface area contributed by atoms with Crippen molar-refractivity contribution >= 4 is 33.2 Å². The molecule has 0 aromatic carbocycles. The lowest BCUT2D eigenvalue weighted by Gasteiger charge is -2.37. The normalized spacial score (nSPS) is 20.6. The molecule has 0 bridgehead atoms. The summed E-state index contributed by atoms with van der Waals surface area (Å²) in [5, 5.41) is 9.54. The summed E-state index contributed by atoms with van der Waals surface area (Å²) in [6.07, 6.45) is 2.38. The van der Waals surface area contributed by atoms with Crippen molar-refractivity contribution in [2.75, 3.05) is 31.3 Å². The molecule has 1 unspecified atom stereocenters. The van der Waals surface area contributed by atoms with Gasteiger partial charge in [-0.15, -0.1) is 0 Å². The Hall–Kier alpha value is -0.360. The second kappa shape index (κ2) is 6.00. The largest absolute Gasteiger partial charge is 0.396 e. The monoisotopic (exact) mass is 320 g/mol. The highest BCUT2D eigenvalue weighted by molar-refractivity contribution is 9.10. The maximum atomic E-state index is 9.07. The van der Waals surface area contributed by atoms with Crippen LogP contribution in [0.25, 0.3) is 0 Å². The van der Waals surface area contributed by atoms with Gasteiger partial charge in [-0.1, -0.05) is 11.6 Å². The van der Waals surface area contributed by atoms with Crippen molar-refractivity contribution in [3.05, 3.63) is 21.9 Å². The molecule has 1 N–H and O–H groups in total. The second-order valence-corrected chi connectivity index (χ2v) is 5.13. The average Bonchev–Trinajstić information content (AvgIpc) is 2.34. The molecule has 4 nitrogen and oxygen atoms in total. The quantitative estimate of drug-likeness (QED) is 0.866. The summed E-state index contributed by atoms with van der Waals surface area (Å²) in [4.78, 5) is 6.22. The first-order valence-electron chi connectivity index (χ1n) is 5.48. The fourth-order valence-corrected chi connectivity index (χ4v) is 2.58. The number of rotatable bonds is 3. The highest BCUT2D eigenvalue weighted by Crippen LogP contribution is 2.30. The van der Waals surface area contributed by atoms with Gasteiger partial charge in [0.15, 0.2) is 0 Å². The number of hydrogen-bond donors (Lipinski definition) is 1. The van der Waals surface area contributed by atoms with Crippen LogP contribution in [0.5, 0.6) is 0 Å². The van der Waals surface area contributed by atoms with Gasteiger partial charge in [-0.2, -0.15) is 0 Å². The fourth-order valence-electron chi connectivity index (χ4n) is 1.98.